The molecule has 4 heteroatoms. The number of aromatic amines is 1. The molecule has 1 aromatic carbocycles. The molecule has 90 valence electrons. The average molecular weight is 230 g/mol. The first-order valence-electron chi connectivity index (χ1n) is 6.17. The molecule has 1 saturated carbocycles. The van der Waals surface area contributed by atoms with Gasteiger partial charge in [0.05, 0.1) is 11.0 Å². The Labute approximate surface area is 101 Å². The number of nitrogens with two attached hydrogens (primary N) is 1. The van der Waals surface area contributed by atoms with Crippen LogP contribution in [0.2, 0.25) is 0 Å². The molecule has 0 spiro atoms. The molecule has 4 nitrogen and oxygen atoms in total. The maximum absolute atomic E-state index is 6.17. The van der Waals surface area contributed by atoms with Crippen molar-refractivity contribution in [2.45, 2.75) is 31.8 Å². The minimum Gasteiger partial charge on any atom is -0.342 e. The molecule has 1 aliphatic rings. The average Bonchev–Trinajstić information content (AvgIpc) is 3.06. The minimum atomic E-state index is 0.0589. The molecule has 1 unspecified atom stereocenters. The van der Waals surface area contributed by atoms with Crippen LogP contribution in [0.3, 0.4) is 0 Å². The van der Waals surface area contributed by atoms with Crippen molar-refractivity contribution in [3.63, 3.8) is 0 Å². The second-order valence-corrected chi connectivity index (χ2v) is 4.89. The summed E-state index contributed by atoms with van der Waals surface area (Å²) in [4.78, 5) is 7.63. The fourth-order valence-electron chi connectivity index (χ4n) is 2.08. The monoisotopic (exact) mass is 230 g/mol. The Morgan fingerprint density at radius 3 is 3.12 bits per heavy atom. The second kappa shape index (κ2) is 4.13. The molecule has 0 aliphatic heterocycles. The molecule has 0 amide bonds. The predicted octanol–water partition coefficient (Wildman–Crippen LogP) is 1.62. The lowest BCUT2D eigenvalue weighted by Gasteiger charge is -2.12. The van der Waals surface area contributed by atoms with E-state index in [1.54, 1.807) is 0 Å². The molecular weight excluding hydrogens is 212 g/mol. The van der Waals surface area contributed by atoms with Crippen LogP contribution in [0.1, 0.15) is 30.3 Å². The summed E-state index contributed by atoms with van der Waals surface area (Å²) in [5.41, 5.74) is 9.41. The molecule has 0 radical (unpaired) electrons. The van der Waals surface area contributed by atoms with Gasteiger partial charge in [0, 0.05) is 18.6 Å². The van der Waals surface area contributed by atoms with Crippen LogP contribution in [0.5, 0.6) is 0 Å². The first-order valence-corrected chi connectivity index (χ1v) is 6.17. The number of aromatic nitrogens is 2. The van der Waals surface area contributed by atoms with E-state index in [-0.39, 0.29) is 6.04 Å². The molecule has 17 heavy (non-hydrogen) atoms. The van der Waals surface area contributed by atoms with Gasteiger partial charge in [-0.1, -0.05) is 6.07 Å². The van der Waals surface area contributed by atoms with Crippen LogP contribution in [-0.4, -0.2) is 22.6 Å². The van der Waals surface area contributed by atoms with E-state index in [2.05, 4.69) is 27.4 Å². The van der Waals surface area contributed by atoms with Crippen molar-refractivity contribution < 1.29 is 0 Å². The zero-order chi connectivity index (χ0) is 11.8. The molecule has 1 heterocycles. The number of hydrogen-bond acceptors (Lipinski definition) is 3. The van der Waals surface area contributed by atoms with Gasteiger partial charge in [0.2, 0.25) is 0 Å². The SMILES string of the molecule is Cc1nc2ccc(C(N)CNC3CC3)cc2[nH]1. The standard InChI is InChI=1S/C13H18N4/c1-8-16-12-5-2-9(6-13(12)17-8)11(14)7-15-10-3-4-10/h2,5-6,10-11,15H,3-4,7,14H2,1H3,(H,16,17). The number of imidazole rings is 1. The fourth-order valence-corrected chi connectivity index (χ4v) is 2.08. The highest BCUT2D eigenvalue weighted by Gasteiger charge is 2.21. The van der Waals surface area contributed by atoms with Crippen LogP contribution < -0.4 is 11.1 Å². The molecule has 4 N–H and O–H groups in total. The summed E-state index contributed by atoms with van der Waals surface area (Å²) in [7, 11) is 0. The number of nitrogens with one attached hydrogen (secondary N) is 2. The van der Waals surface area contributed by atoms with Crippen LogP contribution in [0.4, 0.5) is 0 Å². The van der Waals surface area contributed by atoms with E-state index in [9.17, 15) is 0 Å². The molecule has 2 aromatic rings. The molecule has 1 aliphatic carbocycles. The third kappa shape index (κ3) is 2.33. The number of rotatable bonds is 4. The molecular formula is C13H18N4. The Hall–Kier alpha value is -1.39. The maximum atomic E-state index is 6.17. The van der Waals surface area contributed by atoms with Crippen LogP contribution >= 0.6 is 0 Å². The Morgan fingerprint density at radius 2 is 2.35 bits per heavy atom. The number of aryl methyl sites for hydroxylation is 1. The molecule has 1 atom stereocenters. The third-order valence-corrected chi connectivity index (χ3v) is 3.26. The van der Waals surface area contributed by atoms with E-state index < -0.39 is 0 Å². The summed E-state index contributed by atoms with van der Waals surface area (Å²) in [5, 5.41) is 3.46. The summed E-state index contributed by atoms with van der Waals surface area (Å²) >= 11 is 0. The number of hydrogen-bond donors (Lipinski definition) is 3. The van der Waals surface area contributed by atoms with E-state index in [0.717, 1.165) is 29.0 Å². The summed E-state index contributed by atoms with van der Waals surface area (Å²) in [6.07, 6.45) is 2.59. The number of H-pyrrole nitrogens is 1. The molecule has 0 saturated heterocycles. The number of fused-ring (bicyclic) bond motifs is 1. The van der Waals surface area contributed by atoms with Crippen molar-refractivity contribution in [2.24, 2.45) is 5.73 Å². The van der Waals surface area contributed by atoms with Crippen molar-refractivity contribution in [3.05, 3.63) is 29.6 Å². The molecule has 1 fully saturated rings. The predicted molar refractivity (Wildman–Crippen MR) is 68.8 cm³/mol. The maximum Gasteiger partial charge on any atom is 0.104 e. The van der Waals surface area contributed by atoms with Gasteiger partial charge < -0.3 is 16.0 Å². The number of benzene rings is 1. The highest BCUT2D eigenvalue weighted by molar-refractivity contribution is 5.75. The van der Waals surface area contributed by atoms with Crippen molar-refractivity contribution in [3.8, 4) is 0 Å². The first-order chi connectivity index (χ1) is 8.22. The molecule has 0 bridgehead atoms. The van der Waals surface area contributed by atoms with Crippen LogP contribution in [-0.2, 0) is 0 Å². The topological polar surface area (TPSA) is 66.7 Å². The summed E-state index contributed by atoms with van der Waals surface area (Å²) in [5.74, 6) is 0.946. The first kappa shape index (κ1) is 10.7. The highest BCUT2D eigenvalue weighted by Crippen LogP contribution is 2.21. The van der Waals surface area contributed by atoms with Crippen LogP contribution in [0, 0.1) is 6.92 Å². The fraction of sp³-hybridized carbons (Fsp3) is 0.462. The van der Waals surface area contributed by atoms with E-state index >= 15 is 0 Å². The Bertz CT molecular complexity index is 527. The summed E-state index contributed by atoms with van der Waals surface area (Å²) in [6, 6.07) is 6.98. The lowest BCUT2D eigenvalue weighted by molar-refractivity contribution is 0.595. The summed E-state index contributed by atoms with van der Waals surface area (Å²) in [6.45, 7) is 2.82. The smallest absolute Gasteiger partial charge is 0.104 e. The Morgan fingerprint density at radius 1 is 1.53 bits per heavy atom. The van der Waals surface area contributed by atoms with Crippen LogP contribution in [0.15, 0.2) is 18.2 Å². The normalized spacial score (nSPS) is 17.5. The quantitative estimate of drug-likeness (QED) is 0.747. The number of nitrogens with zero attached hydrogens (tertiary/aromatic N) is 1. The summed E-state index contributed by atoms with van der Waals surface area (Å²) < 4.78 is 0. The highest BCUT2D eigenvalue weighted by atomic mass is 15.0. The van der Waals surface area contributed by atoms with Gasteiger partial charge in [0.15, 0.2) is 0 Å². The van der Waals surface area contributed by atoms with Crippen molar-refractivity contribution in [2.75, 3.05) is 6.54 Å². The van der Waals surface area contributed by atoms with Gasteiger partial charge in [0.1, 0.15) is 5.82 Å². The van der Waals surface area contributed by atoms with E-state index in [1.807, 2.05) is 13.0 Å². The largest absolute Gasteiger partial charge is 0.342 e. The van der Waals surface area contributed by atoms with Gasteiger partial charge in [-0.05, 0) is 37.5 Å². The van der Waals surface area contributed by atoms with Crippen molar-refractivity contribution >= 4 is 11.0 Å². The van der Waals surface area contributed by atoms with Gasteiger partial charge in [-0.3, -0.25) is 0 Å². The van der Waals surface area contributed by atoms with E-state index in [4.69, 9.17) is 5.73 Å². The van der Waals surface area contributed by atoms with Crippen molar-refractivity contribution in [1.29, 1.82) is 0 Å². The lowest BCUT2D eigenvalue weighted by Crippen LogP contribution is -2.28. The zero-order valence-corrected chi connectivity index (χ0v) is 10.0. The van der Waals surface area contributed by atoms with Gasteiger partial charge in [-0.2, -0.15) is 0 Å². The van der Waals surface area contributed by atoms with Gasteiger partial charge in [-0.25, -0.2) is 4.98 Å². The third-order valence-electron chi connectivity index (χ3n) is 3.26. The Balaban J connectivity index is 1.78. The van der Waals surface area contributed by atoms with Gasteiger partial charge in [0.25, 0.3) is 0 Å². The minimum absolute atomic E-state index is 0.0589. The van der Waals surface area contributed by atoms with Crippen molar-refractivity contribution in [1.82, 2.24) is 15.3 Å². The van der Waals surface area contributed by atoms with Gasteiger partial charge in [-0.15, -0.1) is 0 Å². The van der Waals surface area contributed by atoms with Crippen LogP contribution in [0.25, 0.3) is 11.0 Å². The second-order valence-electron chi connectivity index (χ2n) is 4.89. The lowest BCUT2D eigenvalue weighted by atomic mass is 10.1. The van der Waals surface area contributed by atoms with E-state index in [1.165, 1.54) is 12.8 Å². The molecule has 3 rings (SSSR count). The molecule has 1 aromatic heterocycles. The van der Waals surface area contributed by atoms with Gasteiger partial charge >= 0.3 is 0 Å². The van der Waals surface area contributed by atoms with E-state index in [0.29, 0.717) is 6.04 Å². The Kier molecular flexibility index (Phi) is 2.61. The zero-order valence-electron chi connectivity index (χ0n) is 10.0.